The highest BCUT2D eigenvalue weighted by Gasteiger charge is 2.17. The third-order valence-electron chi connectivity index (χ3n) is 3.73. The van der Waals surface area contributed by atoms with E-state index in [0.29, 0.717) is 11.8 Å². The van der Waals surface area contributed by atoms with Crippen molar-refractivity contribution in [3.63, 3.8) is 0 Å². The number of nitrogens with zero attached hydrogens (tertiary/aromatic N) is 1. The highest BCUT2D eigenvalue weighted by atomic mass is 16.3. The first-order valence-electron chi connectivity index (χ1n) is 6.85. The first-order valence-corrected chi connectivity index (χ1v) is 6.85. The Labute approximate surface area is 108 Å². The second-order valence-corrected chi connectivity index (χ2v) is 5.46. The van der Waals surface area contributed by atoms with Gasteiger partial charge in [0.15, 0.2) is 11.5 Å². The molecular formula is C15H20N2O. The molecule has 1 aliphatic rings. The highest BCUT2D eigenvalue weighted by Crippen LogP contribution is 2.29. The highest BCUT2D eigenvalue weighted by molar-refractivity contribution is 5.73. The molecule has 0 saturated carbocycles. The van der Waals surface area contributed by atoms with Crippen molar-refractivity contribution in [2.45, 2.75) is 38.5 Å². The maximum absolute atomic E-state index is 5.83. The van der Waals surface area contributed by atoms with Gasteiger partial charge in [0, 0.05) is 5.92 Å². The van der Waals surface area contributed by atoms with Crippen molar-refractivity contribution in [1.29, 1.82) is 0 Å². The summed E-state index contributed by atoms with van der Waals surface area (Å²) < 4.78 is 5.83. The van der Waals surface area contributed by atoms with E-state index in [9.17, 15) is 0 Å². The molecule has 96 valence electrons. The second kappa shape index (κ2) is 4.73. The zero-order valence-electron chi connectivity index (χ0n) is 11.1. The molecule has 0 atom stereocenters. The van der Waals surface area contributed by atoms with Crippen LogP contribution >= 0.6 is 0 Å². The maximum atomic E-state index is 5.83. The van der Waals surface area contributed by atoms with Gasteiger partial charge in [-0.15, -0.1) is 0 Å². The zero-order valence-corrected chi connectivity index (χ0v) is 11.1. The fourth-order valence-corrected chi connectivity index (χ4v) is 2.62. The van der Waals surface area contributed by atoms with Crippen molar-refractivity contribution < 1.29 is 4.42 Å². The summed E-state index contributed by atoms with van der Waals surface area (Å²) in [5, 5.41) is 3.40. The molecule has 1 aromatic carbocycles. The van der Waals surface area contributed by atoms with Crippen molar-refractivity contribution in [2.24, 2.45) is 0 Å². The molecule has 18 heavy (non-hydrogen) atoms. The Morgan fingerprint density at radius 3 is 2.78 bits per heavy atom. The molecule has 3 rings (SSSR count). The lowest BCUT2D eigenvalue weighted by atomic mass is 9.90. The van der Waals surface area contributed by atoms with Gasteiger partial charge < -0.3 is 9.73 Å². The number of aromatic nitrogens is 1. The largest absolute Gasteiger partial charge is 0.440 e. The summed E-state index contributed by atoms with van der Waals surface area (Å²) in [5.74, 6) is 1.86. The lowest BCUT2D eigenvalue weighted by Gasteiger charge is -2.22. The van der Waals surface area contributed by atoms with E-state index in [2.05, 4.69) is 42.3 Å². The van der Waals surface area contributed by atoms with Crippen LogP contribution in [0.2, 0.25) is 0 Å². The normalized spacial score (nSPS) is 17.7. The number of hydrogen-bond donors (Lipinski definition) is 1. The quantitative estimate of drug-likeness (QED) is 0.879. The van der Waals surface area contributed by atoms with Crippen LogP contribution < -0.4 is 5.32 Å². The third-order valence-corrected chi connectivity index (χ3v) is 3.73. The van der Waals surface area contributed by atoms with Crippen LogP contribution in [0.25, 0.3) is 11.1 Å². The van der Waals surface area contributed by atoms with Crippen molar-refractivity contribution in [1.82, 2.24) is 10.3 Å². The van der Waals surface area contributed by atoms with E-state index in [-0.39, 0.29) is 0 Å². The minimum atomic E-state index is 0.347. The monoisotopic (exact) mass is 244 g/mol. The van der Waals surface area contributed by atoms with E-state index in [1.54, 1.807) is 0 Å². The van der Waals surface area contributed by atoms with E-state index in [0.717, 1.165) is 30.1 Å². The average molecular weight is 244 g/mol. The van der Waals surface area contributed by atoms with E-state index < -0.39 is 0 Å². The predicted molar refractivity (Wildman–Crippen MR) is 72.9 cm³/mol. The first kappa shape index (κ1) is 11.7. The minimum absolute atomic E-state index is 0.347. The number of nitrogens with one attached hydrogen (secondary N) is 1. The Morgan fingerprint density at radius 2 is 2.06 bits per heavy atom. The number of hydrogen-bond acceptors (Lipinski definition) is 3. The molecule has 3 heteroatoms. The van der Waals surface area contributed by atoms with Crippen molar-refractivity contribution in [3.05, 3.63) is 29.7 Å². The lowest BCUT2D eigenvalue weighted by molar-refractivity contribution is 0.459. The fourth-order valence-electron chi connectivity index (χ4n) is 2.62. The molecule has 0 bridgehead atoms. The molecule has 0 spiro atoms. The smallest absolute Gasteiger partial charge is 0.198 e. The number of fused-ring (bicyclic) bond motifs is 1. The summed E-state index contributed by atoms with van der Waals surface area (Å²) in [5.41, 5.74) is 3.32. The van der Waals surface area contributed by atoms with Crippen LogP contribution in [0.4, 0.5) is 0 Å². The summed E-state index contributed by atoms with van der Waals surface area (Å²) in [6.07, 6.45) is 2.44. The van der Waals surface area contributed by atoms with Crippen LogP contribution in [0.3, 0.4) is 0 Å². The SMILES string of the molecule is CC(C)c1nc2ccc(C3CCNCC3)cc2o1. The molecular weight excluding hydrogens is 224 g/mol. The molecule has 3 nitrogen and oxygen atoms in total. The number of oxazole rings is 1. The van der Waals surface area contributed by atoms with Gasteiger partial charge in [-0.25, -0.2) is 4.98 Å². The lowest BCUT2D eigenvalue weighted by Crippen LogP contribution is -2.26. The van der Waals surface area contributed by atoms with Crippen LogP contribution in [0.5, 0.6) is 0 Å². The van der Waals surface area contributed by atoms with Gasteiger partial charge in [-0.1, -0.05) is 19.9 Å². The van der Waals surface area contributed by atoms with Crippen LogP contribution in [-0.4, -0.2) is 18.1 Å². The Hall–Kier alpha value is -1.35. The predicted octanol–water partition coefficient (Wildman–Crippen LogP) is 3.42. The third kappa shape index (κ3) is 2.15. The van der Waals surface area contributed by atoms with Crippen molar-refractivity contribution >= 4 is 11.1 Å². The molecule has 2 heterocycles. The molecule has 1 fully saturated rings. The molecule has 0 unspecified atom stereocenters. The Morgan fingerprint density at radius 1 is 1.28 bits per heavy atom. The summed E-state index contributed by atoms with van der Waals surface area (Å²) in [4.78, 5) is 4.52. The van der Waals surface area contributed by atoms with E-state index >= 15 is 0 Å². The average Bonchev–Trinajstić information content (AvgIpc) is 2.82. The standard InChI is InChI=1S/C15H20N2O/c1-10(2)15-17-13-4-3-12(9-14(13)18-15)11-5-7-16-8-6-11/h3-4,9-11,16H,5-8H2,1-2H3. The maximum Gasteiger partial charge on any atom is 0.198 e. The van der Waals surface area contributed by atoms with Gasteiger partial charge in [-0.2, -0.15) is 0 Å². The molecule has 0 aliphatic carbocycles. The molecule has 2 aromatic rings. The van der Waals surface area contributed by atoms with E-state index in [1.165, 1.54) is 18.4 Å². The number of piperidine rings is 1. The zero-order chi connectivity index (χ0) is 12.5. The van der Waals surface area contributed by atoms with Crippen LogP contribution in [-0.2, 0) is 0 Å². The van der Waals surface area contributed by atoms with Crippen LogP contribution in [0.1, 0.15) is 50.0 Å². The fraction of sp³-hybridized carbons (Fsp3) is 0.533. The number of benzene rings is 1. The Balaban J connectivity index is 1.94. The molecule has 0 amide bonds. The first-order chi connectivity index (χ1) is 8.74. The molecule has 1 aromatic heterocycles. The van der Waals surface area contributed by atoms with Gasteiger partial charge in [0.05, 0.1) is 0 Å². The van der Waals surface area contributed by atoms with Gasteiger partial charge in [0.2, 0.25) is 0 Å². The van der Waals surface area contributed by atoms with Crippen molar-refractivity contribution in [3.8, 4) is 0 Å². The minimum Gasteiger partial charge on any atom is -0.440 e. The van der Waals surface area contributed by atoms with E-state index in [4.69, 9.17) is 4.42 Å². The van der Waals surface area contributed by atoms with Gasteiger partial charge >= 0.3 is 0 Å². The van der Waals surface area contributed by atoms with E-state index in [1.807, 2.05) is 0 Å². The van der Waals surface area contributed by atoms with Crippen LogP contribution in [0.15, 0.2) is 22.6 Å². The Bertz CT molecular complexity index is 538. The summed E-state index contributed by atoms with van der Waals surface area (Å²) in [6.45, 7) is 6.46. The van der Waals surface area contributed by atoms with Crippen molar-refractivity contribution in [2.75, 3.05) is 13.1 Å². The Kier molecular flexibility index (Phi) is 3.08. The summed E-state index contributed by atoms with van der Waals surface area (Å²) in [6, 6.07) is 6.50. The molecule has 1 aliphatic heterocycles. The molecule has 1 N–H and O–H groups in total. The topological polar surface area (TPSA) is 38.1 Å². The second-order valence-electron chi connectivity index (χ2n) is 5.46. The summed E-state index contributed by atoms with van der Waals surface area (Å²) in [7, 11) is 0. The summed E-state index contributed by atoms with van der Waals surface area (Å²) >= 11 is 0. The van der Waals surface area contributed by atoms with Gasteiger partial charge in [-0.3, -0.25) is 0 Å². The molecule has 1 saturated heterocycles. The van der Waals surface area contributed by atoms with Gasteiger partial charge in [0.25, 0.3) is 0 Å². The van der Waals surface area contributed by atoms with Gasteiger partial charge in [0.1, 0.15) is 5.52 Å². The number of rotatable bonds is 2. The molecule has 0 radical (unpaired) electrons. The van der Waals surface area contributed by atoms with Crippen LogP contribution in [0, 0.1) is 0 Å². The van der Waals surface area contributed by atoms with Gasteiger partial charge in [-0.05, 0) is 49.5 Å².